The van der Waals surface area contributed by atoms with Crippen molar-refractivity contribution in [3.8, 4) is 11.6 Å². The number of hydrogen-bond donors (Lipinski definition) is 2. The molecule has 0 fully saturated rings. The second-order valence-corrected chi connectivity index (χ2v) is 6.05. The van der Waals surface area contributed by atoms with Gasteiger partial charge in [-0.2, -0.15) is 0 Å². The minimum absolute atomic E-state index is 0.0401. The van der Waals surface area contributed by atoms with Crippen molar-refractivity contribution in [2.45, 2.75) is 26.3 Å². The van der Waals surface area contributed by atoms with Gasteiger partial charge in [0.25, 0.3) is 0 Å². The highest BCUT2D eigenvalue weighted by atomic mass is 19.1. The number of benzene rings is 1. The molecule has 8 heteroatoms. The lowest BCUT2D eigenvalue weighted by molar-refractivity contribution is 0.195. The molecule has 0 spiro atoms. The summed E-state index contributed by atoms with van der Waals surface area (Å²) < 4.78 is 33.4. The number of amides is 1. The van der Waals surface area contributed by atoms with Crippen molar-refractivity contribution in [1.29, 1.82) is 0 Å². The maximum absolute atomic E-state index is 14.1. The minimum atomic E-state index is -1.37. The maximum Gasteiger partial charge on any atom is 0.412 e. The standard InChI is InChI=1S/C16H17F2N3O3/c1-16(2,3)21(15(22)23)12-7-13(11(18)6-10(12)17)24-14-5-4-9(19)8-20-14/h4-8H,19H2,1-3H3,(H,22,23). The minimum Gasteiger partial charge on any atom is -0.465 e. The van der Waals surface area contributed by atoms with Crippen molar-refractivity contribution in [2.24, 2.45) is 0 Å². The summed E-state index contributed by atoms with van der Waals surface area (Å²) in [6.07, 6.45) is -0.0549. The van der Waals surface area contributed by atoms with E-state index < -0.39 is 23.3 Å². The molecular formula is C16H17F2N3O3. The second kappa shape index (κ2) is 6.31. The van der Waals surface area contributed by atoms with E-state index in [-0.39, 0.29) is 17.3 Å². The number of aromatic nitrogens is 1. The fourth-order valence-corrected chi connectivity index (χ4v) is 2.08. The van der Waals surface area contributed by atoms with E-state index >= 15 is 0 Å². The number of halogens is 2. The number of anilines is 2. The fraction of sp³-hybridized carbons (Fsp3) is 0.250. The summed E-state index contributed by atoms with van der Waals surface area (Å²) >= 11 is 0. The SMILES string of the molecule is CC(C)(C)N(C(=O)O)c1cc(Oc2ccc(N)cn2)c(F)cc1F. The molecule has 1 amide bonds. The Morgan fingerprint density at radius 3 is 2.42 bits per heavy atom. The predicted octanol–water partition coefficient (Wildman–Crippen LogP) is 4.02. The Kier molecular flexibility index (Phi) is 4.59. The lowest BCUT2D eigenvalue weighted by atomic mass is 10.1. The van der Waals surface area contributed by atoms with Gasteiger partial charge >= 0.3 is 6.09 Å². The molecule has 0 saturated carbocycles. The van der Waals surface area contributed by atoms with Crippen molar-refractivity contribution < 1.29 is 23.4 Å². The Labute approximate surface area is 137 Å². The molecule has 0 aliphatic heterocycles. The van der Waals surface area contributed by atoms with Crippen LogP contribution < -0.4 is 15.4 Å². The van der Waals surface area contributed by atoms with E-state index in [1.807, 2.05) is 0 Å². The summed E-state index contributed by atoms with van der Waals surface area (Å²) in [4.78, 5) is 16.1. The van der Waals surface area contributed by atoms with Gasteiger partial charge < -0.3 is 15.6 Å². The molecule has 0 atom stereocenters. The topological polar surface area (TPSA) is 88.7 Å². The molecule has 0 aliphatic rings. The third-order valence-corrected chi connectivity index (χ3v) is 3.08. The van der Waals surface area contributed by atoms with E-state index in [2.05, 4.69) is 4.98 Å². The molecule has 0 unspecified atom stereocenters. The van der Waals surface area contributed by atoms with Crippen LogP contribution >= 0.6 is 0 Å². The Bertz CT molecular complexity index is 758. The number of ether oxygens (including phenoxy) is 1. The van der Waals surface area contributed by atoms with Gasteiger partial charge in [-0.05, 0) is 26.8 Å². The third kappa shape index (κ3) is 3.70. The predicted molar refractivity (Wildman–Crippen MR) is 85.3 cm³/mol. The number of nitrogens with two attached hydrogens (primary N) is 1. The Morgan fingerprint density at radius 2 is 1.92 bits per heavy atom. The van der Waals surface area contributed by atoms with Gasteiger partial charge in [0.1, 0.15) is 5.82 Å². The van der Waals surface area contributed by atoms with E-state index in [1.165, 1.54) is 18.3 Å². The summed E-state index contributed by atoms with van der Waals surface area (Å²) in [6.45, 7) is 4.77. The smallest absolute Gasteiger partial charge is 0.412 e. The van der Waals surface area contributed by atoms with Crippen molar-refractivity contribution >= 4 is 17.5 Å². The van der Waals surface area contributed by atoms with Crippen LogP contribution in [0.3, 0.4) is 0 Å². The van der Waals surface area contributed by atoms with Crippen molar-refractivity contribution in [1.82, 2.24) is 4.98 Å². The first-order valence-corrected chi connectivity index (χ1v) is 7.01. The Hall–Kier alpha value is -2.90. The summed E-state index contributed by atoms with van der Waals surface area (Å²) in [5.41, 5.74) is 4.64. The molecule has 1 heterocycles. The van der Waals surface area contributed by atoms with E-state index in [9.17, 15) is 18.7 Å². The van der Waals surface area contributed by atoms with Gasteiger partial charge in [0.15, 0.2) is 11.6 Å². The number of pyridine rings is 1. The van der Waals surface area contributed by atoms with E-state index in [0.717, 1.165) is 11.0 Å². The van der Waals surface area contributed by atoms with Crippen molar-refractivity contribution in [3.05, 3.63) is 42.1 Å². The zero-order valence-electron chi connectivity index (χ0n) is 13.4. The summed E-state index contributed by atoms with van der Waals surface area (Å²) in [5, 5.41) is 9.37. The first kappa shape index (κ1) is 17.5. The molecule has 0 radical (unpaired) electrons. The molecule has 1 aromatic carbocycles. The summed E-state index contributed by atoms with van der Waals surface area (Å²) in [6, 6.07) is 4.48. The molecule has 0 aliphatic carbocycles. The van der Waals surface area contributed by atoms with E-state index in [1.54, 1.807) is 20.8 Å². The van der Waals surface area contributed by atoms with Crippen LogP contribution in [-0.2, 0) is 0 Å². The van der Waals surface area contributed by atoms with E-state index in [0.29, 0.717) is 11.8 Å². The first-order valence-electron chi connectivity index (χ1n) is 7.01. The molecule has 2 rings (SSSR count). The number of hydrogen-bond acceptors (Lipinski definition) is 4. The van der Waals surface area contributed by atoms with E-state index in [4.69, 9.17) is 10.5 Å². The van der Waals surface area contributed by atoms with Crippen LogP contribution in [0, 0.1) is 11.6 Å². The molecule has 128 valence electrons. The van der Waals surface area contributed by atoms with Crippen LogP contribution in [0.15, 0.2) is 30.5 Å². The average molecular weight is 337 g/mol. The Balaban J connectivity index is 2.47. The highest BCUT2D eigenvalue weighted by Gasteiger charge is 2.31. The molecule has 0 saturated heterocycles. The number of nitrogens with zero attached hydrogens (tertiary/aromatic N) is 2. The zero-order valence-corrected chi connectivity index (χ0v) is 13.4. The lowest BCUT2D eigenvalue weighted by Crippen LogP contribution is -2.45. The number of carboxylic acid groups (broad SMARTS) is 1. The third-order valence-electron chi connectivity index (χ3n) is 3.08. The quantitative estimate of drug-likeness (QED) is 0.883. The second-order valence-electron chi connectivity index (χ2n) is 6.05. The van der Waals surface area contributed by atoms with Crippen LogP contribution in [0.2, 0.25) is 0 Å². The first-order chi connectivity index (χ1) is 11.1. The highest BCUT2D eigenvalue weighted by Crippen LogP contribution is 2.34. The molecule has 24 heavy (non-hydrogen) atoms. The molecule has 6 nitrogen and oxygen atoms in total. The Morgan fingerprint density at radius 1 is 1.25 bits per heavy atom. The van der Waals surface area contributed by atoms with Crippen LogP contribution in [0.5, 0.6) is 11.6 Å². The van der Waals surface area contributed by atoms with Gasteiger partial charge in [0, 0.05) is 23.7 Å². The van der Waals surface area contributed by atoms with Gasteiger partial charge in [0.2, 0.25) is 5.88 Å². The van der Waals surface area contributed by atoms with Crippen LogP contribution in [0.1, 0.15) is 20.8 Å². The normalized spacial score (nSPS) is 11.2. The monoisotopic (exact) mass is 337 g/mol. The van der Waals surface area contributed by atoms with Crippen LogP contribution in [0.25, 0.3) is 0 Å². The van der Waals surface area contributed by atoms with Crippen molar-refractivity contribution in [2.75, 3.05) is 10.6 Å². The summed E-state index contributed by atoms with van der Waals surface area (Å²) in [5.74, 6) is -2.30. The molecule has 2 aromatic rings. The molecule has 0 bridgehead atoms. The summed E-state index contributed by atoms with van der Waals surface area (Å²) in [7, 11) is 0. The number of nitrogen functional groups attached to an aromatic ring is 1. The largest absolute Gasteiger partial charge is 0.465 e. The van der Waals surface area contributed by atoms with Gasteiger partial charge in [-0.25, -0.2) is 18.6 Å². The van der Waals surface area contributed by atoms with Gasteiger partial charge in [-0.3, -0.25) is 4.90 Å². The molecular weight excluding hydrogens is 320 g/mol. The highest BCUT2D eigenvalue weighted by molar-refractivity contribution is 5.88. The van der Waals surface area contributed by atoms with Crippen LogP contribution in [0.4, 0.5) is 25.0 Å². The fourth-order valence-electron chi connectivity index (χ4n) is 2.08. The van der Waals surface area contributed by atoms with Crippen LogP contribution in [-0.4, -0.2) is 21.7 Å². The van der Waals surface area contributed by atoms with Gasteiger partial charge in [-0.1, -0.05) is 0 Å². The molecule has 3 N–H and O–H groups in total. The lowest BCUT2D eigenvalue weighted by Gasteiger charge is -2.33. The number of carbonyl (C=O) groups is 1. The number of rotatable bonds is 3. The molecule has 1 aromatic heterocycles. The van der Waals surface area contributed by atoms with Gasteiger partial charge in [0.05, 0.1) is 17.6 Å². The maximum atomic E-state index is 14.1. The van der Waals surface area contributed by atoms with Gasteiger partial charge in [-0.15, -0.1) is 0 Å². The zero-order chi connectivity index (χ0) is 18.1. The average Bonchev–Trinajstić information content (AvgIpc) is 2.44. The van der Waals surface area contributed by atoms with Crippen molar-refractivity contribution in [3.63, 3.8) is 0 Å².